The van der Waals surface area contributed by atoms with Crippen LogP contribution < -0.4 is 14.5 Å². The van der Waals surface area contributed by atoms with Crippen molar-refractivity contribution in [3.63, 3.8) is 0 Å². The molecule has 0 radical (unpaired) electrons. The van der Waals surface area contributed by atoms with E-state index in [2.05, 4.69) is 194 Å². The Kier molecular flexibility index (Phi) is 7.15. The van der Waals surface area contributed by atoms with Gasteiger partial charge in [-0.1, -0.05) is 115 Å². The maximum atomic E-state index is 6.76. The highest BCUT2D eigenvalue weighted by Gasteiger charge is 2.35. The van der Waals surface area contributed by atoms with Gasteiger partial charge in [0, 0.05) is 38.5 Å². The molecule has 2 aliphatic rings. The fourth-order valence-electron chi connectivity index (χ4n) is 9.66. The van der Waals surface area contributed by atoms with Gasteiger partial charge in [-0.25, -0.2) is 0 Å². The Balaban J connectivity index is 1.12. The molecule has 0 bridgehead atoms. The fourth-order valence-corrected chi connectivity index (χ4v) is 9.66. The number of furan rings is 1. The summed E-state index contributed by atoms with van der Waals surface area (Å²) in [6.45, 7) is 4.32. The number of allylic oxidation sites excluding steroid dienone is 3. The lowest BCUT2D eigenvalue weighted by Gasteiger charge is -2.32. The predicted octanol–water partition coefficient (Wildman–Crippen LogP) is 15.1. The Morgan fingerprint density at radius 1 is 0.517 bits per heavy atom. The van der Waals surface area contributed by atoms with Crippen LogP contribution in [0, 0.1) is 13.8 Å². The van der Waals surface area contributed by atoms with E-state index in [0.29, 0.717) is 0 Å². The minimum Gasteiger partial charge on any atom is -0.459 e. The number of fused-ring (bicyclic) bond motifs is 6. The zero-order valence-corrected chi connectivity index (χ0v) is 32.2. The third kappa shape index (κ3) is 4.88. The summed E-state index contributed by atoms with van der Waals surface area (Å²) in [7, 11) is 0. The monoisotopic (exact) mass is 746 g/mol. The molecule has 0 amide bonds. The van der Waals surface area contributed by atoms with Crippen LogP contribution in [-0.2, 0) is 0 Å². The van der Waals surface area contributed by atoms with E-state index in [1.807, 2.05) is 6.07 Å². The number of hydrogen-bond acceptors (Lipinski definition) is 4. The third-order valence-corrected chi connectivity index (χ3v) is 12.2. The number of anilines is 5. The van der Waals surface area contributed by atoms with E-state index in [9.17, 15) is 0 Å². The largest absolute Gasteiger partial charge is 0.459 e. The van der Waals surface area contributed by atoms with Gasteiger partial charge in [-0.15, -0.1) is 0 Å². The van der Waals surface area contributed by atoms with Crippen LogP contribution in [-0.4, -0.2) is 0 Å². The van der Waals surface area contributed by atoms with Gasteiger partial charge in [0.15, 0.2) is 5.58 Å². The summed E-state index contributed by atoms with van der Waals surface area (Å²) >= 11 is 0. The second kappa shape index (κ2) is 12.6. The van der Waals surface area contributed by atoms with Crippen molar-refractivity contribution in [2.45, 2.75) is 26.2 Å². The first kappa shape index (κ1) is 32.9. The molecule has 10 aromatic rings. The highest BCUT2D eigenvalue weighted by atomic mass is 16.5. The third-order valence-electron chi connectivity index (χ3n) is 12.2. The molecule has 1 aromatic heterocycles. The second-order valence-electron chi connectivity index (χ2n) is 15.8. The minimum atomic E-state index is 0.176. The van der Waals surface area contributed by atoms with Crippen molar-refractivity contribution in [1.82, 2.24) is 0 Å². The van der Waals surface area contributed by atoms with Crippen molar-refractivity contribution in [3.8, 4) is 5.75 Å². The van der Waals surface area contributed by atoms with Gasteiger partial charge in [0.25, 0.3) is 0 Å². The highest BCUT2D eigenvalue weighted by Crippen LogP contribution is 2.51. The minimum absolute atomic E-state index is 0.176. The van der Waals surface area contributed by atoms with Crippen LogP contribution in [0.15, 0.2) is 192 Å². The van der Waals surface area contributed by atoms with Gasteiger partial charge in [0.05, 0.1) is 28.7 Å². The zero-order chi connectivity index (χ0) is 38.5. The molecule has 12 rings (SSSR count). The molecular weight excluding hydrogens is 709 g/mol. The summed E-state index contributed by atoms with van der Waals surface area (Å²) in [5.41, 5.74) is 11.9. The van der Waals surface area contributed by atoms with Crippen molar-refractivity contribution in [3.05, 3.63) is 204 Å². The van der Waals surface area contributed by atoms with E-state index in [0.717, 1.165) is 74.0 Å². The number of hydrogen-bond donors (Lipinski definition) is 0. The van der Waals surface area contributed by atoms with E-state index in [4.69, 9.17) is 9.15 Å². The molecule has 1 aliphatic carbocycles. The molecule has 0 fully saturated rings. The molecule has 9 aromatic carbocycles. The van der Waals surface area contributed by atoms with E-state index in [1.54, 1.807) is 0 Å². The summed E-state index contributed by atoms with van der Waals surface area (Å²) in [6, 6.07) is 59.2. The fraction of sp³-hybridized carbons (Fsp3) is 0.0741. The number of para-hydroxylation sites is 3. The van der Waals surface area contributed by atoms with Crippen LogP contribution in [0.25, 0.3) is 54.3 Å². The molecule has 2 heterocycles. The maximum absolute atomic E-state index is 6.76. The van der Waals surface area contributed by atoms with Crippen LogP contribution in [0.2, 0.25) is 0 Å². The molecule has 4 heteroatoms. The first-order valence-electron chi connectivity index (χ1n) is 20.1. The van der Waals surface area contributed by atoms with Gasteiger partial charge < -0.3 is 19.0 Å². The molecule has 0 N–H and O–H groups in total. The van der Waals surface area contributed by atoms with E-state index >= 15 is 0 Å². The standard InChI is InChI=1S/C54H38N2O2/c1-33-11-7-13-37(31-33)55(47-19-9-17-41-39-15-3-5-21-49(39)57-53(41)47)45-29-25-35-24-28-44-46(30-26-36-23-27-43(45)51(35)52(36)44)56(38-14-8-12-34(2)32-38)48-20-10-18-42-40-16-4-6-22-50(40)58-54(42)48/h3-17,19-32,42H,18H2,1-2H3. The Morgan fingerprint density at radius 3 is 1.88 bits per heavy atom. The Labute approximate surface area is 336 Å². The Hall–Kier alpha value is -7.30. The van der Waals surface area contributed by atoms with Crippen molar-refractivity contribution in [2.75, 3.05) is 9.80 Å². The highest BCUT2D eigenvalue weighted by molar-refractivity contribution is 6.28. The van der Waals surface area contributed by atoms with Crippen LogP contribution in [0.3, 0.4) is 0 Å². The van der Waals surface area contributed by atoms with Crippen LogP contribution in [0.4, 0.5) is 28.4 Å². The Morgan fingerprint density at radius 2 is 1.14 bits per heavy atom. The molecule has 1 unspecified atom stereocenters. The molecule has 4 nitrogen and oxygen atoms in total. The van der Waals surface area contributed by atoms with Crippen molar-refractivity contribution in [2.24, 2.45) is 0 Å². The zero-order valence-electron chi connectivity index (χ0n) is 32.2. The topological polar surface area (TPSA) is 28.9 Å². The summed E-state index contributed by atoms with van der Waals surface area (Å²) in [4.78, 5) is 4.81. The second-order valence-corrected chi connectivity index (χ2v) is 15.8. The maximum Gasteiger partial charge on any atom is 0.159 e. The lowest BCUT2D eigenvalue weighted by Crippen LogP contribution is -2.21. The first-order valence-corrected chi connectivity index (χ1v) is 20.1. The average Bonchev–Trinajstić information content (AvgIpc) is 3.84. The van der Waals surface area contributed by atoms with Gasteiger partial charge in [0.1, 0.15) is 17.1 Å². The molecule has 276 valence electrons. The van der Waals surface area contributed by atoms with Gasteiger partial charge in [-0.3, -0.25) is 0 Å². The summed E-state index contributed by atoms with van der Waals surface area (Å²) in [6.07, 6.45) is 5.48. The van der Waals surface area contributed by atoms with E-state index in [1.165, 1.54) is 49.0 Å². The van der Waals surface area contributed by atoms with Crippen LogP contribution >= 0.6 is 0 Å². The van der Waals surface area contributed by atoms with Crippen molar-refractivity contribution >= 4 is 82.7 Å². The van der Waals surface area contributed by atoms with Gasteiger partial charge in [0.2, 0.25) is 0 Å². The molecule has 0 spiro atoms. The predicted molar refractivity (Wildman–Crippen MR) is 241 cm³/mol. The van der Waals surface area contributed by atoms with Crippen molar-refractivity contribution in [1.29, 1.82) is 0 Å². The number of ether oxygens (including phenoxy) is 1. The van der Waals surface area contributed by atoms with Gasteiger partial charge in [-0.05, 0) is 114 Å². The number of nitrogens with zero attached hydrogens (tertiary/aromatic N) is 2. The molecule has 58 heavy (non-hydrogen) atoms. The summed E-state index contributed by atoms with van der Waals surface area (Å²) < 4.78 is 13.5. The van der Waals surface area contributed by atoms with E-state index < -0.39 is 0 Å². The normalized spacial score (nSPS) is 14.8. The summed E-state index contributed by atoms with van der Waals surface area (Å²) in [5, 5.41) is 9.49. The smallest absolute Gasteiger partial charge is 0.159 e. The SMILES string of the molecule is Cc1cccc(N(C2=C3Oc4ccccc4C3CC=C2)c2ccc3ccc4c(N(c5cccc(C)c5)c5cccc6c5oc5ccccc56)ccc5ccc2c3c54)c1. The number of benzene rings is 9. The van der Waals surface area contributed by atoms with Crippen molar-refractivity contribution < 1.29 is 9.15 Å². The lowest BCUT2D eigenvalue weighted by atomic mass is 9.89. The quantitative estimate of drug-likeness (QED) is 0.158. The summed E-state index contributed by atoms with van der Waals surface area (Å²) in [5.74, 6) is 2.13. The lowest BCUT2D eigenvalue weighted by molar-refractivity contribution is 0.418. The van der Waals surface area contributed by atoms with E-state index in [-0.39, 0.29) is 5.92 Å². The Bertz CT molecular complexity index is 3350. The van der Waals surface area contributed by atoms with Gasteiger partial charge >= 0.3 is 0 Å². The molecule has 0 saturated heterocycles. The molecule has 1 aliphatic heterocycles. The number of rotatable bonds is 6. The van der Waals surface area contributed by atoms with Crippen LogP contribution in [0.5, 0.6) is 5.75 Å². The molecule has 1 atom stereocenters. The number of aryl methyl sites for hydroxylation is 2. The van der Waals surface area contributed by atoms with Gasteiger partial charge in [-0.2, -0.15) is 0 Å². The first-order chi connectivity index (χ1) is 28.6. The molecule has 0 saturated carbocycles. The average molecular weight is 747 g/mol. The molecular formula is C54H38N2O2. The van der Waals surface area contributed by atoms with Crippen LogP contribution in [0.1, 0.15) is 29.0 Å².